The number of aromatic nitrogens is 3. The predicted molar refractivity (Wildman–Crippen MR) is 79.3 cm³/mol. The van der Waals surface area contributed by atoms with E-state index in [-0.39, 0.29) is 0 Å². The second-order valence-electron chi connectivity index (χ2n) is 5.15. The van der Waals surface area contributed by atoms with Gasteiger partial charge < -0.3 is 10.6 Å². The lowest BCUT2D eigenvalue weighted by Crippen LogP contribution is -2.46. The second kappa shape index (κ2) is 5.50. The zero-order chi connectivity index (χ0) is 13.9. The quantitative estimate of drug-likeness (QED) is 0.834. The van der Waals surface area contributed by atoms with Gasteiger partial charge in [-0.25, -0.2) is 4.98 Å². The van der Waals surface area contributed by atoms with Crippen LogP contribution in [-0.4, -0.2) is 45.8 Å². The number of hydrogen-bond acceptors (Lipinski definition) is 5. The summed E-state index contributed by atoms with van der Waals surface area (Å²) in [7, 11) is 1.94. The number of nitrogen functional groups attached to an aromatic ring is 1. The summed E-state index contributed by atoms with van der Waals surface area (Å²) in [4.78, 5) is 9.09. The lowest BCUT2D eigenvalue weighted by atomic mass is 10.2. The predicted octanol–water partition coefficient (Wildman–Crippen LogP) is 0.719. The standard InChI is InChI=1S/C14H20N6/c1-18-14(16-11-17-18)10-19-6-8-20(9-7-19)13-4-2-12(15)3-5-13/h2-5,11H,6-10,15H2,1H3. The maximum absolute atomic E-state index is 5.73. The minimum atomic E-state index is 0.815. The summed E-state index contributed by atoms with van der Waals surface area (Å²) >= 11 is 0. The molecule has 0 amide bonds. The van der Waals surface area contributed by atoms with Crippen LogP contribution in [0.1, 0.15) is 5.82 Å². The van der Waals surface area contributed by atoms with E-state index >= 15 is 0 Å². The Hall–Kier alpha value is -2.08. The summed E-state index contributed by atoms with van der Waals surface area (Å²) < 4.78 is 1.84. The van der Waals surface area contributed by atoms with Crippen molar-refractivity contribution < 1.29 is 0 Å². The number of benzene rings is 1. The van der Waals surface area contributed by atoms with Gasteiger partial charge in [0, 0.05) is 44.6 Å². The van der Waals surface area contributed by atoms with Gasteiger partial charge in [-0.2, -0.15) is 5.10 Å². The number of nitrogens with two attached hydrogens (primary N) is 1. The first-order valence-corrected chi connectivity index (χ1v) is 6.88. The number of hydrogen-bond donors (Lipinski definition) is 1. The Bertz CT molecular complexity index is 553. The average molecular weight is 272 g/mol. The van der Waals surface area contributed by atoms with Gasteiger partial charge in [0.25, 0.3) is 0 Å². The van der Waals surface area contributed by atoms with Crippen LogP contribution in [0.25, 0.3) is 0 Å². The molecular weight excluding hydrogens is 252 g/mol. The van der Waals surface area contributed by atoms with Crippen molar-refractivity contribution in [3.05, 3.63) is 36.4 Å². The number of piperazine rings is 1. The topological polar surface area (TPSA) is 63.2 Å². The van der Waals surface area contributed by atoms with Gasteiger partial charge in [-0.3, -0.25) is 9.58 Å². The molecule has 0 bridgehead atoms. The Morgan fingerprint density at radius 3 is 2.40 bits per heavy atom. The number of rotatable bonds is 3. The van der Waals surface area contributed by atoms with Crippen molar-refractivity contribution in [2.75, 3.05) is 36.8 Å². The van der Waals surface area contributed by atoms with E-state index in [0.29, 0.717) is 0 Å². The summed E-state index contributed by atoms with van der Waals surface area (Å²) in [5.74, 6) is 1.02. The Kier molecular flexibility index (Phi) is 3.56. The molecule has 0 aliphatic carbocycles. The molecule has 1 fully saturated rings. The van der Waals surface area contributed by atoms with Crippen LogP contribution in [0.3, 0.4) is 0 Å². The molecule has 1 aliphatic heterocycles. The van der Waals surface area contributed by atoms with Crippen molar-refractivity contribution in [3.8, 4) is 0 Å². The van der Waals surface area contributed by atoms with Gasteiger partial charge in [-0.05, 0) is 24.3 Å². The first-order chi connectivity index (χ1) is 9.72. The maximum atomic E-state index is 5.73. The Morgan fingerprint density at radius 1 is 1.10 bits per heavy atom. The molecule has 1 aromatic heterocycles. The van der Waals surface area contributed by atoms with Crippen LogP contribution in [-0.2, 0) is 13.6 Å². The van der Waals surface area contributed by atoms with E-state index in [9.17, 15) is 0 Å². The number of aryl methyl sites for hydroxylation is 1. The number of anilines is 2. The fourth-order valence-corrected chi connectivity index (χ4v) is 2.51. The van der Waals surface area contributed by atoms with Crippen LogP contribution in [0, 0.1) is 0 Å². The van der Waals surface area contributed by atoms with Gasteiger partial charge in [0.05, 0.1) is 6.54 Å². The summed E-state index contributed by atoms with van der Waals surface area (Å²) in [6.07, 6.45) is 1.61. The van der Waals surface area contributed by atoms with E-state index in [1.165, 1.54) is 5.69 Å². The third-order valence-corrected chi connectivity index (χ3v) is 3.80. The second-order valence-corrected chi connectivity index (χ2v) is 5.15. The molecule has 6 nitrogen and oxygen atoms in total. The molecule has 0 spiro atoms. The fraction of sp³-hybridized carbons (Fsp3) is 0.429. The maximum Gasteiger partial charge on any atom is 0.140 e. The van der Waals surface area contributed by atoms with Crippen LogP contribution in [0.5, 0.6) is 0 Å². The molecule has 6 heteroatoms. The SMILES string of the molecule is Cn1ncnc1CN1CCN(c2ccc(N)cc2)CC1. The summed E-state index contributed by atoms with van der Waals surface area (Å²) in [6, 6.07) is 8.10. The van der Waals surface area contributed by atoms with E-state index in [1.54, 1.807) is 6.33 Å². The van der Waals surface area contributed by atoms with Gasteiger partial charge in [0.2, 0.25) is 0 Å². The van der Waals surface area contributed by atoms with Crippen LogP contribution < -0.4 is 10.6 Å². The summed E-state index contributed by atoms with van der Waals surface area (Å²) in [5, 5.41) is 4.11. The van der Waals surface area contributed by atoms with Crippen molar-refractivity contribution in [2.24, 2.45) is 7.05 Å². The molecule has 2 aromatic rings. The fourth-order valence-electron chi connectivity index (χ4n) is 2.51. The highest BCUT2D eigenvalue weighted by molar-refractivity contribution is 5.53. The first-order valence-electron chi connectivity index (χ1n) is 6.88. The molecule has 20 heavy (non-hydrogen) atoms. The molecule has 0 saturated carbocycles. The van der Waals surface area contributed by atoms with Crippen LogP contribution in [0.4, 0.5) is 11.4 Å². The van der Waals surface area contributed by atoms with Crippen molar-refractivity contribution in [1.29, 1.82) is 0 Å². The lowest BCUT2D eigenvalue weighted by Gasteiger charge is -2.35. The molecule has 0 radical (unpaired) electrons. The largest absolute Gasteiger partial charge is 0.399 e. The molecule has 1 aliphatic rings. The zero-order valence-corrected chi connectivity index (χ0v) is 11.7. The Morgan fingerprint density at radius 2 is 1.80 bits per heavy atom. The average Bonchev–Trinajstić information content (AvgIpc) is 2.86. The molecule has 1 saturated heterocycles. The van der Waals surface area contributed by atoms with Crippen LogP contribution in [0.15, 0.2) is 30.6 Å². The van der Waals surface area contributed by atoms with E-state index < -0.39 is 0 Å². The minimum Gasteiger partial charge on any atom is -0.399 e. The highest BCUT2D eigenvalue weighted by atomic mass is 15.3. The molecular formula is C14H20N6. The van der Waals surface area contributed by atoms with E-state index in [1.807, 2.05) is 23.9 Å². The molecule has 2 N–H and O–H groups in total. The zero-order valence-electron chi connectivity index (χ0n) is 11.7. The van der Waals surface area contributed by atoms with Gasteiger partial charge >= 0.3 is 0 Å². The van der Waals surface area contributed by atoms with Crippen molar-refractivity contribution >= 4 is 11.4 Å². The lowest BCUT2D eigenvalue weighted by molar-refractivity contribution is 0.241. The third-order valence-electron chi connectivity index (χ3n) is 3.80. The van der Waals surface area contributed by atoms with Gasteiger partial charge in [-0.1, -0.05) is 0 Å². The molecule has 0 atom stereocenters. The Labute approximate surface area is 118 Å². The van der Waals surface area contributed by atoms with Crippen molar-refractivity contribution in [2.45, 2.75) is 6.54 Å². The molecule has 0 unspecified atom stereocenters. The molecule has 1 aromatic carbocycles. The summed E-state index contributed by atoms with van der Waals surface area (Å²) in [5.41, 5.74) is 7.79. The van der Waals surface area contributed by atoms with Gasteiger partial charge in [-0.15, -0.1) is 0 Å². The smallest absolute Gasteiger partial charge is 0.140 e. The summed E-state index contributed by atoms with van der Waals surface area (Å²) in [6.45, 7) is 5.00. The molecule has 2 heterocycles. The Balaban J connectivity index is 1.57. The van der Waals surface area contributed by atoms with Gasteiger partial charge in [0.1, 0.15) is 12.2 Å². The first kappa shape index (κ1) is 12.9. The van der Waals surface area contributed by atoms with Crippen LogP contribution in [0.2, 0.25) is 0 Å². The van der Waals surface area contributed by atoms with E-state index in [4.69, 9.17) is 5.73 Å². The van der Waals surface area contributed by atoms with E-state index in [0.717, 1.165) is 44.2 Å². The van der Waals surface area contributed by atoms with E-state index in [2.05, 4.69) is 32.0 Å². The van der Waals surface area contributed by atoms with Crippen LogP contribution >= 0.6 is 0 Å². The normalized spacial score (nSPS) is 16.6. The highest BCUT2D eigenvalue weighted by Crippen LogP contribution is 2.18. The highest BCUT2D eigenvalue weighted by Gasteiger charge is 2.18. The molecule has 106 valence electrons. The van der Waals surface area contributed by atoms with Crippen molar-refractivity contribution in [3.63, 3.8) is 0 Å². The molecule has 3 rings (SSSR count). The third kappa shape index (κ3) is 2.75. The monoisotopic (exact) mass is 272 g/mol. The minimum absolute atomic E-state index is 0.815. The number of nitrogens with zero attached hydrogens (tertiary/aromatic N) is 5. The van der Waals surface area contributed by atoms with Gasteiger partial charge in [0.15, 0.2) is 0 Å². The van der Waals surface area contributed by atoms with Crippen molar-refractivity contribution in [1.82, 2.24) is 19.7 Å².